The van der Waals surface area contributed by atoms with E-state index in [9.17, 15) is 9.59 Å². The molecule has 0 aromatic heterocycles. The van der Waals surface area contributed by atoms with Crippen molar-refractivity contribution in [3.05, 3.63) is 65.7 Å². The maximum absolute atomic E-state index is 11.8. The Bertz CT molecular complexity index is 689. The van der Waals surface area contributed by atoms with Crippen molar-refractivity contribution in [3.63, 3.8) is 0 Å². The Morgan fingerprint density at radius 2 is 1.72 bits per heavy atom. The predicted molar refractivity (Wildman–Crippen MR) is 97.3 cm³/mol. The fourth-order valence-corrected chi connectivity index (χ4v) is 2.30. The van der Waals surface area contributed by atoms with Gasteiger partial charge in [0.25, 0.3) is 0 Å². The molecule has 0 aliphatic heterocycles. The van der Waals surface area contributed by atoms with Crippen molar-refractivity contribution >= 4 is 17.6 Å². The molecule has 0 aliphatic rings. The first-order valence-corrected chi connectivity index (χ1v) is 8.10. The second kappa shape index (κ2) is 10.1. The number of amides is 3. The third-order valence-electron chi connectivity index (χ3n) is 3.48. The van der Waals surface area contributed by atoms with Crippen LogP contribution in [0.5, 0.6) is 0 Å². The zero-order valence-corrected chi connectivity index (χ0v) is 14.2. The number of hydrogen-bond acceptors (Lipinski definition) is 3. The minimum atomic E-state index is -0.218. The number of benzene rings is 2. The van der Waals surface area contributed by atoms with Gasteiger partial charge in [0.15, 0.2) is 0 Å². The highest BCUT2D eigenvalue weighted by molar-refractivity contribution is 5.91. The van der Waals surface area contributed by atoms with Crippen LogP contribution in [0.15, 0.2) is 54.6 Å². The molecule has 3 N–H and O–H groups in total. The van der Waals surface area contributed by atoms with Gasteiger partial charge in [-0.1, -0.05) is 42.5 Å². The molecule has 6 heteroatoms. The molecule has 25 heavy (non-hydrogen) atoms. The number of carbonyl (C=O) groups is 2. The molecule has 0 radical (unpaired) electrons. The number of anilines is 1. The highest BCUT2D eigenvalue weighted by Gasteiger charge is 2.04. The average Bonchev–Trinajstić information content (AvgIpc) is 2.61. The molecular formula is C19H23N3O3. The van der Waals surface area contributed by atoms with Gasteiger partial charge in [-0.3, -0.25) is 4.79 Å². The number of carbonyl (C=O) groups excluding carboxylic acids is 2. The lowest BCUT2D eigenvalue weighted by Gasteiger charge is -2.09. The van der Waals surface area contributed by atoms with Crippen molar-refractivity contribution in [2.24, 2.45) is 0 Å². The lowest BCUT2D eigenvalue weighted by molar-refractivity contribution is -0.119. The molecule has 0 unspecified atom stereocenters. The van der Waals surface area contributed by atoms with E-state index in [0.717, 1.165) is 12.0 Å². The molecular weight excluding hydrogens is 318 g/mol. The van der Waals surface area contributed by atoms with Crippen LogP contribution in [0.25, 0.3) is 0 Å². The Hall–Kier alpha value is -2.86. The summed E-state index contributed by atoms with van der Waals surface area (Å²) in [7, 11) is 1.47. The van der Waals surface area contributed by atoms with Crippen LogP contribution in [0, 0.1) is 0 Å². The third kappa shape index (κ3) is 7.05. The molecule has 3 amide bonds. The van der Waals surface area contributed by atoms with Gasteiger partial charge in [-0.25, -0.2) is 4.79 Å². The average molecular weight is 341 g/mol. The Morgan fingerprint density at radius 3 is 2.48 bits per heavy atom. The second-order valence-electron chi connectivity index (χ2n) is 5.53. The van der Waals surface area contributed by atoms with Gasteiger partial charge in [0.05, 0.1) is 0 Å². The fourth-order valence-electron chi connectivity index (χ4n) is 2.30. The predicted octanol–water partition coefficient (Wildman–Crippen LogP) is 2.31. The molecule has 2 rings (SSSR count). The zero-order chi connectivity index (χ0) is 17.9. The van der Waals surface area contributed by atoms with Crippen LogP contribution in [0.1, 0.15) is 11.1 Å². The smallest absolute Gasteiger partial charge is 0.315 e. The summed E-state index contributed by atoms with van der Waals surface area (Å²) in [6.45, 7) is 0.959. The van der Waals surface area contributed by atoms with E-state index < -0.39 is 0 Å². The largest absolute Gasteiger partial charge is 0.375 e. The molecule has 0 heterocycles. The monoisotopic (exact) mass is 341 g/mol. The summed E-state index contributed by atoms with van der Waals surface area (Å²) in [6.07, 6.45) is 0.787. The molecule has 2 aromatic carbocycles. The van der Waals surface area contributed by atoms with Gasteiger partial charge >= 0.3 is 6.03 Å². The molecule has 0 saturated carbocycles. The second-order valence-corrected chi connectivity index (χ2v) is 5.53. The molecule has 0 atom stereocenters. The lowest BCUT2D eigenvalue weighted by atomic mass is 10.1. The van der Waals surface area contributed by atoms with E-state index in [1.165, 1.54) is 12.7 Å². The van der Waals surface area contributed by atoms with Crippen molar-refractivity contribution in [3.8, 4) is 0 Å². The maximum Gasteiger partial charge on any atom is 0.315 e. The first-order valence-electron chi connectivity index (χ1n) is 8.10. The van der Waals surface area contributed by atoms with E-state index in [1.807, 2.05) is 48.5 Å². The van der Waals surface area contributed by atoms with Gasteiger partial charge in [0.2, 0.25) is 5.91 Å². The van der Waals surface area contributed by atoms with Crippen molar-refractivity contribution in [1.82, 2.24) is 10.6 Å². The van der Waals surface area contributed by atoms with Crippen LogP contribution in [0.3, 0.4) is 0 Å². The number of hydrogen-bond donors (Lipinski definition) is 3. The Morgan fingerprint density at radius 1 is 0.960 bits per heavy atom. The van der Waals surface area contributed by atoms with Crippen LogP contribution < -0.4 is 16.0 Å². The Balaban J connectivity index is 1.73. The molecule has 132 valence electrons. The van der Waals surface area contributed by atoms with Crippen LogP contribution in [-0.2, 0) is 22.5 Å². The summed E-state index contributed by atoms with van der Waals surface area (Å²) in [5.41, 5.74) is 2.75. The number of rotatable bonds is 8. The highest BCUT2D eigenvalue weighted by Crippen LogP contribution is 2.10. The minimum Gasteiger partial charge on any atom is -0.375 e. The molecule has 0 fully saturated rings. The van der Waals surface area contributed by atoms with E-state index in [2.05, 4.69) is 16.0 Å². The topological polar surface area (TPSA) is 79.5 Å². The van der Waals surface area contributed by atoms with E-state index in [-0.39, 0.29) is 18.5 Å². The molecule has 0 bridgehead atoms. The molecule has 0 saturated heterocycles. The number of nitrogens with one attached hydrogen (secondary N) is 3. The molecule has 6 nitrogen and oxygen atoms in total. The van der Waals surface area contributed by atoms with Crippen LogP contribution in [0.2, 0.25) is 0 Å². The normalized spacial score (nSPS) is 10.1. The van der Waals surface area contributed by atoms with Gasteiger partial charge < -0.3 is 20.7 Å². The van der Waals surface area contributed by atoms with E-state index in [0.29, 0.717) is 18.8 Å². The number of ether oxygens (including phenoxy) is 1. The van der Waals surface area contributed by atoms with Crippen molar-refractivity contribution in [2.45, 2.75) is 13.0 Å². The standard InChI is InChI=1S/C19H23N3O3/c1-25-14-18(23)22-17-9-5-8-16(12-17)13-21-19(24)20-11-10-15-6-3-2-4-7-15/h2-9,12H,10-11,13-14H2,1H3,(H,22,23)(H2,20,21,24). The zero-order valence-electron chi connectivity index (χ0n) is 14.2. The first-order chi connectivity index (χ1) is 12.2. The molecule has 0 aliphatic carbocycles. The summed E-state index contributed by atoms with van der Waals surface area (Å²) in [6, 6.07) is 17.1. The van der Waals surface area contributed by atoms with Crippen molar-refractivity contribution < 1.29 is 14.3 Å². The van der Waals surface area contributed by atoms with Crippen molar-refractivity contribution in [2.75, 3.05) is 25.6 Å². The van der Waals surface area contributed by atoms with Gasteiger partial charge in [-0.15, -0.1) is 0 Å². The summed E-state index contributed by atoms with van der Waals surface area (Å²) in [5, 5.41) is 8.36. The first kappa shape index (κ1) is 18.5. The SMILES string of the molecule is COCC(=O)Nc1cccc(CNC(=O)NCCc2ccccc2)c1. The minimum absolute atomic E-state index is 0.00625. The van der Waals surface area contributed by atoms with Crippen molar-refractivity contribution in [1.29, 1.82) is 0 Å². The number of methoxy groups -OCH3 is 1. The molecule has 2 aromatic rings. The van der Waals surface area contributed by atoms with Crippen LogP contribution in [-0.4, -0.2) is 32.2 Å². The van der Waals surface area contributed by atoms with Crippen LogP contribution >= 0.6 is 0 Å². The van der Waals surface area contributed by atoms with E-state index >= 15 is 0 Å². The van der Waals surface area contributed by atoms with Crippen LogP contribution in [0.4, 0.5) is 10.5 Å². The van der Waals surface area contributed by atoms with Gasteiger partial charge in [0, 0.05) is 25.9 Å². The maximum atomic E-state index is 11.8. The number of urea groups is 1. The lowest BCUT2D eigenvalue weighted by Crippen LogP contribution is -2.36. The highest BCUT2D eigenvalue weighted by atomic mass is 16.5. The van der Waals surface area contributed by atoms with Gasteiger partial charge in [-0.05, 0) is 29.7 Å². The third-order valence-corrected chi connectivity index (χ3v) is 3.48. The summed E-state index contributed by atoms with van der Waals surface area (Å²) < 4.78 is 4.78. The van der Waals surface area contributed by atoms with Gasteiger partial charge in [-0.2, -0.15) is 0 Å². The fraction of sp³-hybridized carbons (Fsp3) is 0.263. The van der Waals surface area contributed by atoms with E-state index in [4.69, 9.17) is 4.74 Å². The Labute approximate surface area is 147 Å². The van der Waals surface area contributed by atoms with Gasteiger partial charge in [0.1, 0.15) is 6.61 Å². The van der Waals surface area contributed by atoms with E-state index in [1.54, 1.807) is 6.07 Å². The summed E-state index contributed by atoms with van der Waals surface area (Å²) >= 11 is 0. The Kier molecular flexibility index (Phi) is 7.46. The summed E-state index contributed by atoms with van der Waals surface area (Å²) in [5.74, 6) is -0.216. The summed E-state index contributed by atoms with van der Waals surface area (Å²) in [4.78, 5) is 23.4. The molecule has 0 spiro atoms. The quantitative estimate of drug-likeness (QED) is 0.689.